The number of rotatable bonds is 4. The molecule has 0 spiro atoms. The van der Waals surface area contributed by atoms with Gasteiger partial charge in [-0.25, -0.2) is 18.2 Å². The maximum Gasteiger partial charge on any atom is 0.274 e. The first-order valence-electron chi connectivity index (χ1n) is 10.4. The van der Waals surface area contributed by atoms with Crippen molar-refractivity contribution in [2.75, 3.05) is 5.32 Å². The van der Waals surface area contributed by atoms with Crippen LogP contribution in [0.3, 0.4) is 0 Å². The standard InChI is InChI=1S/C24H23F3N4O.2ClH/c1-13-9-14(11-15(28)10-13)16-7-8-29-12-21(16)31-24(32)20-6-5-19(27)23(30-20)22-17(25)3-2-4-18(22)26;;/h2-8,12-15H,9-11,28H2,1H3,(H,31,32);2*1H/t13-,14+,15-;;/m1../s1. The number of amides is 1. The largest absolute Gasteiger partial charge is 0.328 e. The minimum absolute atomic E-state index is 0. The van der Waals surface area contributed by atoms with E-state index in [1.165, 1.54) is 12.1 Å². The molecule has 1 aromatic carbocycles. The highest BCUT2D eigenvalue weighted by atomic mass is 35.5. The number of hydrogen-bond donors (Lipinski definition) is 2. The Labute approximate surface area is 208 Å². The molecular weight excluding hydrogens is 488 g/mol. The zero-order chi connectivity index (χ0) is 22.8. The first-order valence-corrected chi connectivity index (χ1v) is 10.4. The van der Waals surface area contributed by atoms with Gasteiger partial charge < -0.3 is 11.1 Å². The van der Waals surface area contributed by atoms with Crippen LogP contribution in [0.2, 0.25) is 0 Å². The van der Waals surface area contributed by atoms with Gasteiger partial charge in [-0.2, -0.15) is 0 Å². The second-order valence-corrected chi connectivity index (χ2v) is 8.31. The summed E-state index contributed by atoms with van der Waals surface area (Å²) < 4.78 is 42.6. The molecule has 3 N–H and O–H groups in total. The molecule has 182 valence electrons. The van der Waals surface area contributed by atoms with Crippen LogP contribution in [0.5, 0.6) is 0 Å². The van der Waals surface area contributed by atoms with Gasteiger partial charge in [0, 0.05) is 12.2 Å². The predicted molar refractivity (Wildman–Crippen MR) is 130 cm³/mol. The summed E-state index contributed by atoms with van der Waals surface area (Å²) in [6.45, 7) is 2.15. The summed E-state index contributed by atoms with van der Waals surface area (Å²) in [5.74, 6) is -2.88. The number of benzene rings is 1. The van der Waals surface area contributed by atoms with E-state index in [0.717, 1.165) is 43.0 Å². The molecule has 3 aromatic rings. The number of hydrogen-bond acceptors (Lipinski definition) is 4. The maximum atomic E-state index is 14.3. The van der Waals surface area contributed by atoms with E-state index >= 15 is 0 Å². The van der Waals surface area contributed by atoms with Crippen LogP contribution in [-0.2, 0) is 0 Å². The van der Waals surface area contributed by atoms with Crippen LogP contribution in [0, 0.1) is 23.4 Å². The van der Waals surface area contributed by atoms with E-state index < -0.39 is 34.6 Å². The lowest BCUT2D eigenvalue weighted by molar-refractivity contribution is 0.102. The van der Waals surface area contributed by atoms with Gasteiger partial charge in [0.15, 0.2) is 0 Å². The fraction of sp³-hybridized carbons (Fsp3) is 0.292. The van der Waals surface area contributed by atoms with Gasteiger partial charge in [0.25, 0.3) is 5.91 Å². The zero-order valence-electron chi connectivity index (χ0n) is 18.3. The van der Waals surface area contributed by atoms with Crippen LogP contribution in [0.1, 0.15) is 48.2 Å². The van der Waals surface area contributed by atoms with Crippen LogP contribution >= 0.6 is 24.8 Å². The Morgan fingerprint density at radius 1 is 1.00 bits per heavy atom. The fourth-order valence-corrected chi connectivity index (χ4v) is 4.43. The highest BCUT2D eigenvalue weighted by Crippen LogP contribution is 2.38. The van der Waals surface area contributed by atoms with E-state index in [9.17, 15) is 18.0 Å². The first-order chi connectivity index (χ1) is 15.3. The maximum absolute atomic E-state index is 14.3. The molecule has 0 unspecified atom stereocenters. The lowest BCUT2D eigenvalue weighted by Crippen LogP contribution is -2.31. The van der Waals surface area contributed by atoms with Crippen LogP contribution in [0.4, 0.5) is 18.9 Å². The molecule has 5 nitrogen and oxygen atoms in total. The molecule has 4 rings (SSSR count). The van der Waals surface area contributed by atoms with Gasteiger partial charge in [-0.15, -0.1) is 24.8 Å². The Kier molecular flexibility index (Phi) is 9.44. The smallest absolute Gasteiger partial charge is 0.274 e. The van der Waals surface area contributed by atoms with Gasteiger partial charge in [-0.1, -0.05) is 13.0 Å². The number of anilines is 1. The van der Waals surface area contributed by atoms with E-state index in [1.54, 1.807) is 12.4 Å². The Hall–Kier alpha value is -2.68. The molecule has 1 fully saturated rings. The minimum Gasteiger partial charge on any atom is -0.328 e. The molecule has 2 heterocycles. The molecule has 1 amide bonds. The van der Waals surface area contributed by atoms with Crippen LogP contribution in [-0.4, -0.2) is 21.9 Å². The van der Waals surface area contributed by atoms with Crippen molar-refractivity contribution in [3.05, 3.63) is 77.5 Å². The summed E-state index contributed by atoms with van der Waals surface area (Å²) in [7, 11) is 0. The number of nitrogens with one attached hydrogen (secondary N) is 1. The predicted octanol–water partition coefficient (Wildman–Crippen LogP) is 5.89. The molecule has 1 aliphatic carbocycles. The Bertz CT molecular complexity index is 1130. The molecule has 0 radical (unpaired) electrons. The second-order valence-electron chi connectivity index (χ2n) is 8.31. The SMILES string of the molecule is C[C@H]1C[C@@H](N)C[C@@H](c2ccncc2NC(=O)c2ccc(F)c(-c3c(F)cccc3F)n2)C1.Cl.Cl. The Balaban J connectivity index is 0.00000204. The highest BCUT2D eigenvalue weighted by molar-refractivity contribution is 6.03. The van der Waals surface area contributed by atoms with Crippen molar-refractivity contribution in [3.63, 3.8) is 0 Å². The average molecular weight is 513 g/mol. The van der Waals surface area contributed by atoms with Gasteiger partial charge in [0.1, 0.15) is 28.8 Å². The van der Waals surface area contributed by atoms with E-state index in [2.05, 4.69) is 22.2 Å². The molecule has 0 saturated heterocycles. The Morgan fingerprint density at radius 3 is 2.38 bits per heavy atom. The fourth-order valence-electron chi connectivity index (χ4n) is 4.43. The zero-order valence-corrected chi connectivity index (χ0v) is 19.9. The topological polar surface area (TPSA) is 80.9 Å². The number of halogens is 5. The van der Waals surface area contributed by atoms with Crippen molar-refractivity contribution >= 4 is 36.4 Å². The molecule has 0 bridgehead atoms. The summed E-state index contributed by atoms with van der Waals surface area (Å²) in [5.41, 5.74) is 6.26. The van der Waals surface area contributed by atoms with E-state index in [1.807, 2.05) is 6.07 Å². The summed E-state index contributed by atoms with van der Waals surface area (Å²) >= 11 is 0. The molecule has 2 aromatic heterocycles. The summed E-state index contributed by atoms with van der Waals surface area (Å²) in [6.07, 6.45) is 5.89. The van der Waals surface area contributed by atoms with Gasteiger partial charge in [-0.3, -0.25) is 9.78 Å². The van der Waals surface area contributed by atoms with Gasteiger partial charge >= 0.3 is 0 Å². The minimum atomic E-state index is -0.966. The van der Waals surface area contributed by atoms with Crippen molar-refractivity contribution < 1.29 is 18.0 Å². The van der Waals surface area contributed by atoms with Crippen molar-refractivity contribution in [2.24, 2.45) is 11.7 Å². The highest BCUT2D eigenvalue weighted by Gasteiger charge is 2.28. The second kappa shape index (κ2) is 11.6. The summed E-state index contributed by atoms with van der Waals surface area (Å²) in [6, 6.07) is 7.25. The monoisotopic (exact) mass is 512 g/mol. The number of carbonyl (C=O) groups excluding carboxylic acids is 1. The molecule has 10 heteroatoms. The molecule has 1 saturated carbocycles. The molecule has 3 atom stereocenters. The molecule has 34 heavy (non-hydrogen) atoms. The number of pyridine rings is 2. The van der Waals surface area contributed by atoms with Crippen molar-refractivity contribution in [2.45, 2.75) is 38.1 Å². The third-order valence-corrected chi connectivity index (χ3v) is 5.80. The number of nitrogens with zero attached hydrogens (tertiary/aromatic N) is 2. The van der Waals surface area contributed by atoms with Crippen LogP contribution < -0.4 is 11.1 Å². The van der Waals surface area contributed by atoms with Crippen LogP contribution in [0.15, 0.2) is 48.8 Å². The number of aromatic nitrogens is 2. The summed E-state index contributed by atoms with van der Waals surface area (Å²) in [5, 5.41) is 2.77. The lowest BCUT2D eigenvalue weighted by atomic mass is 9.76. The number of nitrogens with two attached hydrogens (primary N) is 1. The van der Waals surface area contributed by atoms with Crippen molar-refractivity contribution in [1.29, 1.82) is 0 Å². The van der Waals surface area contributed by atoms with Gasteiger partial charge in [0.2, 0.25) is 0 Å². The van der Waals surface area contributed by atoms with E-state index in [0.29, 0.717) is 11.6 Å². The number of carbonyl (C=O) groups is 1. The quantitative estimate of drug-likeness (QED) is 0.456. The first kappa shape index (κ1) is 27.6. The van der Waals surface area contributed by atoms with Crippen molar-refractivity contribution in [3.8, 4) is 11.3 Å². The van der Waals surface area contributed by atoms with Gasteiger partial charge in [-0.05, 0) is 67.0 Å². The average Bonchev–Trinajstić information content (AvgIpc) is 2.74. The van der Waals surface area contributed by atoms with Crippen LogP contribution in [0.25, 0.3) is 11.3 Å². The molecular formula is C24H25Cl2F3N4O. The molecule has 0 aliphatic heterocycles. The third-order valence-electron chi connectivity index (χ3n) is 5.80. The van der Waals surface area contributed by atoms with Gasteiger partial charge in [0.05, 0.1) is 17.4 Å². The lowest BCUT2D eigenvalue weighted by Gasteiger charge is -2.32. The molecule has 1 aliphatic rings. The third kappa shape index (κ3) is 5.87. The summed E-state index contributed by atoms with van der Waals surface area (Å²) in [4.78, 5) is 20.9. The van der Waals surface area contributed by atoms with Crippen molar-refractivity contribution in [1.82, 2.24) is 9.97 Å². The normalized spacial score (nSPS) is 19.5. The van der Waals surface area contributed by atoms with E-state index in [4.69, 9.17) is 5.73 Å². The van der Waals surface area contributed by atoms with E-state index in [-0.39, 0.29) is 42.5 Å². The Morgan fingerprint density at radius 2 is 1.71 bits per heavy atom.